The third kappa shape index (κ3) is 5.35. The van der Waals surface area contributed by atoms with Crippen LogP contribution in [0.25, 0.3) is 0 Å². The highest BCUT2D eigenvalue weighted by Crippen LogP contribution is 2.31. The second kappa shape index (κ2) is 8.88. The van der Waals surface area contributed by atoms with E-state index in [1.54, 1.807) is 6.07 Å². The molecule has 1 saturated heterocycles. The number of nitrogens with one attached hydrogen (secondary N) is 2. The fraction of sp³-hybridized carbons (Fsp3) is 0.529. The molecule has 0 unspecified atom stereocenters. The lowest BCUT2D eigenvalue weighted by molar-refractivity contribution is -0.121. The van der Waals surface area contributed by atoms with Crippen molar-refractivity contribution in [3.8, 4) is 5.75 Å². The zero-order valence-electron chi connectivity index (χ0n) is 14.8. The van der Waals surface area contributed by atoms with Crippen molar-refractivity contribution in [1.82, 2.24) is 10.0 Å². The van der Waals surface area contributed by atoms with Crippen LogP contribution in [-0.2, 0) is 26.2 Å². The van der Waals surface area contributed by atoms with Crippen molar-refractivity contribution < 1.29 is 23.1 Å². The van der Waals surface area contributed by atoms with Gasteiger partial charge in [0.25, 0.3) is 5.91 Å². The van der Waals surface area contributed by atoms with Crippen LogP contribution >= 0.6 is 0 Å². The molecule has 144 valence electrons. The van der Waals surface area contributed by atoms with E-state index in [1.165, 1.54) is 12.1 Å². The highest BCUT2D eigenvalue weighted by molar-refractivity contribution is 7.92. The summed E-state index contributed by atoms with van der Waals surface area (Å²) >= 11 is 0. The molecular weight excluding hydrogens is 358 g/mol. The Morgan fingerprint density at radius 3 is 2.69 bits per heavy atom. The quantitative estimate of drug-likeness (QED) is 0.554. The molecule has 0 saturated carbocycles. The summed E-state index contributed by atoms with van der Waals surface area (Å²) in [6, 6.07) is 4.50. The molecular formula is C17H25N3O5S. The Labute approximate surface area is 153 Å². The van der Waals surface area contributed by atoms with Gasteiger partial charge in [-0.3, -0.25) is 9.59 Å². The standard InChI is InChI=1S/C17H25N3O5S/c1-2-3-4-5-10-18-16(22)9-7-13-6-8-14(15(21)11-13)20-12-17(23)19-26(20,24)25/h6,8,11,21H,2-5,7,9-10,12H2,1H3,(H,18,22)(H,19,23). The monoisotopic (exact) mass is 383 g/mol. The topological polar surface area (TPSA) is 116 Å². The second-order valence-electron chi connectivity index (χ2n) is 6.27. The molecule has 0 atom stereocenters. The number of unbranched alkanes of at least 4 members (excludes halogenated alkanes) is 3. The average molecular weight is 383 g/mol. The lowest BCUT2D eigenvalue weighted by atomic mass is 10.1. The number of hydrogen-bond acceptors (Lipinski definition) is 5. The lowest BCUT2D eigenvalue weighted by Gasteiger charge is -2.16. The van der Waals surface area contributed by atoms with Gasteiger partial charge in [0.2, 0.25) is 5.91 Å². The van der Waals surface area contributed by atoms with Gasteiger partial charge in [-0.15, -0.1) is 0 Å². The molecule has 0 aliphatic carbocycles. The van der Waals surface area contributed by atoms with Gasteiger partial charge >= 0.3 is 10.2 Å². The van der Waals surface area contributed by atoms with E-state index < -0.39 is 16.1 Å². The maximum atomic E-state index is 11.8. The molecule has 0 bridgehead atoms. The summed E-state index contributed by atoms with van der Waals surface area (Å²) in [4.78, 5) is 23.1. The molecule has 1 fully saturated rings. The Hall–Kier alpha value is -2.29. The Morgan fingerprint density at radius 2 is 2.08 bits per heavy atom. The molecule has 2 rings (SSSR count). The number of amides is 2. The van der Waals surface area contributed by atoms with E-state index in [9.17, 15) is 23.1 Å². The Kier molecular flexibility index (Phi) is 6.84. The SMILES string of the molecule is CCCCCCNC(=O)CCc1ccc(N2CC(=O)NS2(=O)=O)c(O)c1. The van der Waals surface area contributed by atoms with Crippen LogP contribution in [0.4, 0.5) is 5.69 Å². The molecule has 1 aromatic rings. The summed E-state index contributed by atoms with van der Waals surface area (Å²) in [5, 5.41) is 13.0. The zero-order valence-corrected chi connectivity index (χ0v) is 15.6. The first kappa shape index (κ1) is 20.0. The normalized spacial score (nSPS) is 15.7. The molecule has 0 radical (unpaired) electrons. The fourth-order valence-electron chi connectivity index (χ4n) is 2.72. The van der Waals surface area contributed by atoms with Crippen molar-refractivity contribution >= 4 is 27.7 Å². The third-order valence-corrected chi connectivity index (χ3v) is 5.51. The minimum absolute atomic E-state index is 0.0347. The first-order chi connectivity index (χ1) is 12.3. The second-order valence-corrected chi connectivity index (χ2v) is 7.87. The summed E-state index contributed by atoms with van der Waals surface area (Å²) in [7, 11) is -3.96. The number of nitrogens with zero attached hydrogens (tertiary/aromatic N) is 1. The van der Waals surface area contributed by atoms with E-state index >= 15 is 0 Å². The van der Waals surface area contributed by atoms with Gasteiger partial charge < -0.3 is 10.4 Å². The molecule has 0 spiro atoms. The van der Waals surface area contributed by atoms with Gasteiger partial charge in [-0.2, -0.15) is 8.42 Å². The molecule has 26 heavy (non-hydrogen) atoms. The number of anilines is 1. The van der Waals surface area contributed by atoms with Crippen molar-refractivity contribution in [2.24, 2.45) is 0 Å². The van der Waals surface area contributed by atoms with Crippen LogP contribution in [0.3, 0.4) is 0 Å². The van der Waals surface area contributed by atoms with Gasteiger partial charge in [-0.05, 0) is 30.5 Å². The number of hydrogen-bond donors (Lipinski definition) is 3. The number of carbonyl (C=O) groups is 2. The van der Waals surface area contributed by atoms with E-state index in [2.05, 4.69) is 12.2 Å². The molecule has 1 heterocycles. The van der Waals surface area contributed by atoms with Gasteiger partial charge in [-0.1, -0.05) is 32.3 Å². The van der Waals surface area contributed by atoms with Gasteiger partial charge in [0.15, 0.2) is 0 Å². The Bertz CT molecular complexity index is 764. The Balaban J connectivity index is 1.88. The summed E-state index contributed by atoms with van der Waals surface area (Å²) in [5.41, 5.74) is 0.746. The van der Waals surface area contributed by atoms with Crippen LogP contribution in [0.1, 0.15) is 44.6 Å². The predicted molar refractivity (Wildman–Crippen MR) is 98.0 cm³/mol. The first-order valence-corrected chi connectivity index (χ1v) is 10.2. The molecule has 1 aliphatic heterocycles. The number of benzene rings is 1. The minimum atomic E-state index is -3.96. The molecule has 1 aliphatic rings. The Morgan fingerprint density at radius 1 is 1.31 bits per heavy atom. The summed E-state index contributed by atoms with van der Waals surface area (Å²) < 4.78 is 26.3. The zero-order chi connectivity index (χ0) is 19.2. The number of carbonyl (C=O) groups excluding carboxylic acids is 2. The molecule has 1 aromatic carbocycles. The largest absolute Gasteiger partial charge is 0.506 e. The van der Waals surface area contributed by atoms with Crippen molar-refractivity contribution in [3.05, 3.63) is 23.8 Å². The van der Waals surface area contributed by atoms with Gasteiger partial charge in [-0.25, -0.2) is 9.03 Å². The highest BCUT2D eigenvalue weighted by atomic mass is 32.2. The minimum Gasteiger partial charge on any atom is -0.506 e. The van der Waals surface area contributed by atoms with E-state index in [0.29, 0.717) is 18.5 Å². The summed E-state index contributed by atoms with van der Waals surface area (Å²) in [5.74, 6) is -0.950. The lowest BCUT2D eigenvalue weighted by Crippen LogP contribution is -2.29. The van der Waals surface area contributed by atoms with Crippen LogP contribution < -0.4 is 14.3 Å². The third-order valence-electron chi connectivity index (χ3n) is 4.12. The highest BCUT2D eigenvalue weighted by Gasteiger charge is 2.35. The van der Waals surface area contributed by atoms with Crippen molar-refractivity contribution in [2.75, 3.05) is 17.4 Å². The van der Waals surface area contributed by atoms with Crippen molar-refractivity contribution in [1.29, 1.82) is 0 Å². The van der Waals surface area contributed by atoms with E-state index in [1.807, 2.05) is 4.72 Å². The number of rotatable bonds is 9. The van der Waals surface area contributed by atoms with Crippen molar-refractivity contribution in [3.63, 3.8) is 0 Å². The maximum Gasteiger partial charge on any atom is 0.326 e. The van der Waals surface area contributed by atoms with Gasteiger partial charge in [0.1, 0.15) is 12.3 Å². The van der Waals surface area contributed by atoms with E-state index in [4.69, 9.17) is 0 Å². The smallest absolute Gasteiger partial charge is 0.326 e. The molecule has 2 amide bonds. The van der Waals surface area contributed by atoms with Crippen LogP contribution in [0.2, 0.25) is 0 Å². The summed E-state index contributed by atoms with van der Waals surface area (Å²) in [6.45, 7) is 2.43. The van der Waals surface area contributed by atoms with E-state index in [-0.39, 0.29) is 30.3 Å². The molecule has 9 heteroatoms. The number of aryl methyl sites for hydroxylation is 1. The fourth-order valence-corrected chi connectivity index (χ4v) is 3.89. The summed E-state index contributed by atoms with van der Waals surface area (Å²) in [6.07, 6.45) is 5.09. The molecule has 8 nitrogen and oxygen atoms in total. The maximum absolute atomic E-state index is 11.8. The number of phenols is 1. The van der Waals surface area contributed by atoms with Gasteiger partial charge in [0, 0.05) is 13.0 Å². The number of aromatic hydroxyl groups is 1. The molecule has 0 aromatic heterocycles. The van der Waals surface area contributed by atoms with Crippen LogP contribution in [0, 0.1) is 0 Å². The van der Waals surface area contributed by atoms with Crippen LogP contribution in [0.15, 0.2) is 18.2 Å². The molecule has 3 N–H and O–H groups in total. The average Bonchev–Trinajstić information content (AvgIpc) is 2.85. The first-order valence-electron chi connectivity index (χ1n) is 8.75. The van der Waals surface area contributed by atoms with Crippen LogP contribution in [-0.4, -0.2) is 38.4 Å². The van der Waals surface area contributed by atoms with E-state index in [0.717, 1.165) is 30.0 Å². The van der Waals surface area contributed by atoms with Gasteiger partial charge in [0.05, 0.1) is 5.69 Å². The number of phenolic OH excluding ortho intramolecular Hbond substituents is 1. The predicted octanol–water partition coefficient (Wildman–Crippen LogP) is 1.20. The van der Waals surface area contributed by atoms with Crippen molar-refractivity contribution in [2.45, 2.75) is 45.4 Å². The van der Waals surface area contributed by atoms with Crippen LogP contribution in [0.5, 0.6) is 5.75 Å².